The second-order valence-electron chi connectivity index (χ2n) is 3.97. The molecule has 0 aliphatic heterocycles. The number of aromatic amines is 1. The monoisotopic (exact) mass is 240 g/mol. The van der Waals surface area contributed by atoms with E-state index in [0.717, 1.165) is 22.2 Å². The lowest BCUT2D eigenvalue weighted by Crippen LogP contribution is -1.99. The average molecular weight is 240 g/mol. The highest BCUT2D eigenvalue weighted by molar-refractivity contribution is 5.91. The zero-order valence-electron chi connectivity index (χ0n) is 10.1. The van der Waals surface area contributed by atoms with Gasteiger partial charge in [-0.25, -0.2) is 4.98 Å². The summed E-state index contributed by atoms with van der Waals surface area (Å²) >= 11 is 0. The molecule has 0 aromatic carbocycles. The van der Waals surface area contributed by atoms with E-state index in [2.05, 4.69) is 30.5 Å². The van der Waals surface area contributed by atoms with Crippen molar-refractivity contribution in [1.29, 1.82) is 0 Å². The van der Waals surface area contributed by atoms with Crippen molar-refractivity contribution in [3.8, 4) is 11.3 Å². The van der Waals surface area contributed by atoms with Crippen LogP contribution in [0.1, 0.15) is 5.56 Å². The van der Waals surface area contributed by atoms with Gasteiger partial charge in [0.1, 0.15) is 0 Å². The van der Waals surface area contributed by atoms with Gasteiger partial charge >= 0.3 is 0 Å². The molecule has 0 aliphatic carbocycles. The molecule has 0 amide bonds. The summed E-state index contributed by atoms with van der Waals surface area (Å²) < 4.78 is 0. The number of nitrogens with one attached hydrogen (secondary N) is 2. The Hall–Kier alpha value is -2.50. The maximum Gasteiger partial charge on any atom is 0.225 e. The molecule has 0 aliphatic rings. The first-order chi connectivity index (χ1) is 8.79. The van der Waals surface area contributed by atoms with Gasteiger partial charge in [-0.05, 0) is 18.6 Å². The van der Waals surface area contributed by atoms with Gasteiger partial charge in [0, 0.05) is 25.0 Å². The lowest BCUT2D eigenvalue weighted by atomic mass is 10.1. The molecule has 0 spiro atoms. The van der Waals surface area contributed by atoms with Crippen molar-refractivity contribution in [2.75, 3.05) is 12.4 Å². The van der Waals surface area contributed by atoms with Crippen molar-refractivity contribution in [3.05, 3.63) is 30.2 Å². The van der Waals surface area contributed by atoms with E-state index in [1.165, 1.54) is 0 Å². The van der Waals surface area contributed by atoms with Crippen molar-refractivity contribution < 1.29 is 0 Å². The van der Waals surface area contributed by atoms with Crippen molar-refractivity contribution in [2.45, 2.75) is 6.92 Å². The molecule has 3 aromatic heterocycles. The van der Waals surface area contributed by atoms with Gasteiger partial charge in [0.05, 0.1) is 17.3 Å². The minimum atomic E-state index is 0.560. The predicted octanol–water partition coefficient (Wildman–Crippen LogP) is 1.77. The lowest BCUT2D eigenvalue weighted by molar-refractivity contribution is 1.09. The van der Waals surface area contributed by atoms with E-state index < -0.39 is 0 Å². The minimum absolute atomic E-state index is 0.560. The Bertz CT molecular complexity index is 703. The SMILES string of the molecule is CNc1nc(-c2cnccc2C)c2cn[nH]c2n1. The van der Waals surface area contributed by atoms with Gasteiger partial charge in [-0.3, -0.25) is 10.1 Å². The molecule has 6 nitrogen and oxygen atoms in total. The van der Waals surface area contributed by atoms with E-state index in [4.69, 9.17) is 0 Å². The van der Waals surface area contributed by atoms with Crippen LogP contribution in [0.3, 0.4) is 0 Å². The Morgan fingerprint density at radius 1 is 1.22 bits per heavy atom. The summed E-state index contributed by atoms with van der Waals surface area (Å²) in [6.07, 6.45) is 5.31. The molecule has 0 fully saturated rings. The fraction of sp³-hybridized carbons (Fsp3) is 0.167. The number of pyridine rings is 1. The molecule has 0 saturated carbocycles. The third kappa shape index (κ3) is 1.58. The molecule has 0 unspecified atom stereocenters. The van der Waals surface area contributed by atoms with Crippen LogP contribution in [0, 0.1) is 6.92 Å². The van der Waals surface area contributed by atoms with Gasteiger partial charge < -0.3 is 5.32 Å². The van der Waals surface area contributed by atoms with Crippen LogP contribution < -0.4 is 5.32 Å². The Morgan fingerprint density at radius 2 is 2.11 bits per heavy atom. The van der Waals surface area contributed by atoms with Gasteiger partial charge in [0.25, 0.3) is 0 Å². The molecule has 2 N–H and O–H groups in total. The van der Waals surface area contributed by atoms with Gasteiger partial charge in [-0.1, -0.05) is 0 Å². The molecule has 0 atom stereocenters. The van der Waals surface area contributed by atoms with E-state index in [0.29, 0.717) is 11.6 Å². The third-order valence-electron chi connectivity index (χ3n) is 2.83. The van der Waals surface area contributed by atoms with Crippen LogP contribution in [0.2, 0.25) is 0 Å². The quantitative estimate of drug-likeness (QED) is 0.713. The number of aromatic nitrogens is 5. The summed E-state index contributed by atoms with van der Waals surface area (Å²) in [6.45, 7) is 2.03. The fourth-order valence-corrected chi connectivity index (χ4v) is 1.86. The standard InChI is InChI=1S/C12H12N6/c1-7-3-4-14-5-8(7)10-9-6-15-18-11(9)17-12(13-2)16-10/h3-6H,1-2H3,(H2,13,15,16,17,18). The largest absolute Gasteiger partial charge is 0.357 e. The number of aryl methyl sites for hydroxylation is 1. The van der Waals surface area contributed by atoms with Crippen LogP contribution in [-0.4, -0.2) is 32.2 Å². The Kier molecular flexibility index (Phi) is 2.40. The van der Waals surface area contributed by atoms with Gasteiger partial charge in [-0.15, -0.1) is 0 Å². The minimum Gasteiger partial charge on any atom is -0.357 e. The summed E-state index contributed by atoms with van der Waals surface area (Å²) in [5, 5.41) is 10.7. The van der Waals surface area contributed by atoms with E-state index >= 15 is 0 Å². The fourth-order valence-electron chi connectivity index (χ4n) is 1.86. The zero-order chi connectivity index (χ0) is 12.5. The molecule has 18 heavy (non-hydrogen) atoms. The number of hydrogen-bond donors (Lipinski definition) is 2. The number of fused-ring (bicyclic) bond motifs is 1. The van der Waals surface area contributed by atoms with Crippen molar-refractivity contribution >= 4 is 17.0 Å². The molecule has 0 radical (unpaired) electrons. The van der Waals surface area contributed by atoms with Crippen LogP contribution >= 0.6 is 0 Å². The number of rotatable bonds is 2. The van der Waals surface area contributed by atoms with E-state index in [9.17, 15) is 0 Å². The molecule has 0 saturated heterocycles. The number of anilines is 1. The summed E-state index contributed by atoms with van der Waals surface area (Å²) in [7, 11) is 1.79. The first-order valence-corrected chi connectivity index (χ1v) is 5.59. The maximum atomic E-state index is 4.50. The van der Waals surface area contributed by atoms with Crippen LogP contribution in [0.15, 0.2) is 24.7 Å². The third-order valence-corrected chi connectivity index (χ3v) is 2.83. The van der Waals surface area contributed by atoms with Gasteiger partial charge in [0.15, 0.2) is 5.65 Å². The van der Waals surface area contributed by atoms with Crippen molar-refractivity contribution in [1.82, 2.24) is 25.1 Å². The summed E-state index contributed by atoms with van der Waals surface area (Å²) in [5.41, 5.74) is 3.66. The highest BCUT2D eigenvalue weighted by atomic mass is 15.2. The molecule has 3 aromatic rings. The average Bonchev–Trinajstić information content (AvgIpc) is 2.86. The summed E-state index contributed by atoms with van der Waals surface area (Å²) in [6, 6.07) is 1.96. The van der Waals surface area contributed by atoms with E-state index in [1.807, 2.05) is 19.2 Å². The van der Waals surface area contributed by atoms with Gasteiger partial charge in [-0.2, -0.15) is 10.1 Å². The Labute approximate surface area is 104 Å². The van der Waals surface area contributed by atoms with Crippen LogP contribution in [-0.2, 0) is 0 Å². The molecular formula is C12H12N6. The highest BCUT2D eigenvalue weighted by Crippen LogP contribution is 2.27. The first-order valence-electron chi connectivity index (χ1n) is 5.59. The molecule has 3 heterocycles. The van der Waals surface area contributed by atoms with Crippen molar-refractivity contribution in [2.24, 2.45) is 0 Å². The van der Waals surface area contributed by atoms with Crippen LogP contribution in [0.25, 0.3) is 22.3 Å². The molecular weight excluding hydrogens is 228 g/mol. The lowest BCUT2D eigenvalue weighted by Gasteiger charge is -2.07. The number of hydrogen-bond acceptors (Lipinski definition) is 5. The highest BCUT2D eigenvalue weighted by Gasteiger charge is 2.12. The first kappa shape index (κ1) is 10.6. The second kappa shape index (κ2) is 4.06. The number of H-pyrrole nitrogens is 1. The zero-order valence-corrected chi connectivity index (χ0v) is 10.1. The topological polar surface area (TPSA) is 79.4 Å². The summed E-state index contributed by atoms with van der Waals surface area (Å²) in [5.74, 6) is 0.560. The molecule has 6 heteroatoms. The Balaban J connectivity index is 2.34. The van der Waals surface area contributed by atoms with Crippen LogP contribution in [0.4, 0.5) is 5.95 Å². The molecule has 90 valence electrons. The van der Waals surface area contributed by atoms with Crippen molar-refractivity contribution in [3.63, 3.8) is 0 Å². The molecule has 3 rings (SSSR count). The van der Waals surface area contributed by atoms with E-state index in [1.54, 1.807) is 19.4 Å². The van der Waals surface area contributed by atoms with Gasteiger partial charge in [0.2, 0.25) is 5.95 Å². The van der Waals surface area contributed by atoms with Crippen LogP contribution in [0.5, 0.6) is 0 Å². The second-order valence-corrected chi connectivity index (χ2v) is 3.97. The number of nitrogens with zero attached hydrogens (tertiary/aromatic N) is 4. The summed E-state index contributed by atoms with van der Waals surface area (Å²) in [4.78, 5) is 13.0. The predicted molar refractivity (Wildman–Crippen MR) is 69.2 cm³/mol. The van der Waals surface area contributed by atoms with E-state index in [-0.39, 0.29) is 0 Å². The smallest absolute Gasteiger partial charge is 0.225 e. The Morgan fingerprint density at radius 3 is 2.89 bits per heavy atom. The molecule has 0 bridgehead atoms. The maximum absolute atomic E-state index is 4.50. The normalized spacial score (nSPS) is 10.8.